The van der Waals surface area contributed by atoms with E-state index in [0.717, 1.165) is 17.5 Å². The molecule has 0 fully saturated rings. The maximum absolute atomic E-state index is 11.7. The summed E-state index contributed by atoms with van der Waals surface area (Å²) in [5.74, 6) is -0.424. The Kier molecular flexibility index (Phi) is 2.71. The van der Waals surface area contributed by atoms with Gasteiger partial charge in [-0.2, -0.15) is 0 Å². The molecule has 0 aliphatic carbocycles. The summed E-state index contributed by atoms with van der Waals surface area (Å²) in [7, 11) is -3.33. The molecule has 0 unspecified atom stereocenters. The number of amides is 1. The Balaban J connectivity index is 2.36. The third-order valence-electron chi connectivity index (χ3n) is 2.76. The number of hydrogen-bond donors (Lipinski definition) is 1. The number of rotatable bonds is 1. The van der Waals surface area contributed by atoms with E-state index in [2.05, 4.69) is 5.32 Å². The highest BCUT2D eigenvalue weighted by Crippen LogP contribution is 2.23. The molecule has 1 amide bonds. The Hall–Kier alpha value is -1.36. The molecular weight excluding hydrogens is 226 g/mol. The minimum atomic E-state index is -3.33. The van der Waals surface area contributed by atoms with E-state index in [1.165, 1.54) is 0 Å². The molecule has 0 bridgehead atoms. The Morgan fingerprint density at radius 3 is 2.69 bits per heavy atom. The lowest BCUT2D eigenvalue weighted by molar-refractivity contribution is -0.115. The first kappa shape index (κ1) is 11.1. The standard InChI is InChI=1S/C11H13NO3S/c1-16(14,15)10-7-6-8-4-2-3-5-9(8)12-11(10)13/h2-5,10H,6-7H2,1H3,(H,12,13)/t10-/m1/s1. The first-order valence-electron chi connectivity index (χ1n) is 5.06. The number of para-hydroxylation sites is 1. The van der Waals surface area contributed by atoms with Gasteiger partial charge < -0.3 is 5.32 Å². The number of carbonyl (C=O) groups is 1. The van der Waals surface area contributed by atoms with Gasteiger partial charge in [0.15, 0.2) is 9.84 Å². The van der Waals surface area contributed by atoms with E-state index < -0.39 is 21.0 Å². The van der Waals surface area contributed by atoms with Gasteiger partial charge in [0, 0.05) is 11.9 Å². The van der Waals surface area contributed by atoms with Gasteiger partial charge >= 0.3 is 0 Å². The van der Waals surface area contributed by atoms with Gasteiger partial charge in [0.05, 0.1) is 0 Å². The quantitative estimate of drug-likeness (QED) is 0.794. The van der Waals surface area contributed by atoms with Crippen molar-refractivity contribution in [1.82, 2.24) is 0 Å². The summed E-state index contributed by atoms with van der Waals surface area (Å²) < 4.78 is 22.9. The van der Waals surface area contributed by atoms with Crippen LogP contribution in [0.15, 0.2) is 24.3 Å². The zero-order chi connectivity index (χ0) is 11.8. The van der Waals surface area contributed by atoms with Crippen molar-refractivity contribution in [2.45, 2.75) is 18.1 Å². The molecule has 0 spiro atoms. The largest absolute Gasteiger partial charge is 0.325 e. The normalized spacial score (nSPS) is 20.8. The first-order chi connectivity index (χ1) is 7.48. The Morgan fingerprint density at radius 2 is 2.00 bits per heavy atom. The number of nitrogens with one attached hydrogen (secondary N) is 1. The zero-order valence-corrected chi connectivity index (χ0v) is 9.75. The molecule has 1 heterocycles. The minimum absolute atomic E-state index is 0.349. The zero-order valence-electron chi connectivity index (χ0n) is 8.93. The number of fused-ring (bicyclic) bond motifs is 1. The van der Waals surface area contributed by atoms with Crippen LogP contribution in [0.3, 0.4) is 0 Å². The number of carbonyl (C=O) groups excluding carboxylic acids is 1. The number of anilines is 1. The molecule has 4 nitrogen and oxygen atoms in total. The third-order valence-corrected chi connectivity index (χ3v) is 4.24. The van der Waals surface area contributed by atoms with E-state index in [1.807, 2.05) is 18.2 Å². The monoisotopic (exact) mass is 239 g/mol. The molecule has 5 heteroatoms. The number of sulfone groups is 1. The minimum Gasteiger partial charge on any atom is -0.325 e. The highest BCUT2D eigenvalue weighted by Gasteiger charge is 2.31. The number of aryl methyl sites for hydroxylation is 1. The van der Waals surface area contributed by atoms with Crippen molar-refractivity contribution in [3.05, 3.63) is 29.8 Å². The average molecular weight is 239 g/mol. The fourth-order valence-corrected chi connectivity index (χ4v) is 2.89. The van der Waals surface area contributed by atoms with Crippen molar-refractivity contribution in [2.24, 2.45) is 0 Å². The fraction of sp³-hybridized carbons (Fsp3) is 0.364. The lowest BCUT2D eigenvalue weighted by Crippen LogP contribution is -2.33. The van der Waals surface area contributed by atoms with Gasteiger partial charge in [-0.05, 0) is 24.5 Å². The molecule has 1 aromatic carbocycles. The molecule has 1 N–H and O–H groups in total. The lowest BCUT2D eigenvalue weighted by atomic mass is 10.1. The van der Waals surface area contributed by atoms with Gasteiger partial charge in [-0.15, -0.1) is 0 Å². The maximum Gasteiger partial charge on any atom is 0.242 e. The van der Waals surface area contributed by atoms with Crippen LogP contribution in [0.1, 0.15) is 12.0 Å². The highest BCUT2D eigenvalue weighted by atomic mass is 32.2. The smallest absolute Gasteiger partial charge is 0.242 e. The van der Waals surface area contributed by atoms with Gasteiger partial charge in [0.1, 0.15) is 5.25 Å². The maximum atomic E-state index is 11.7. The number of benzene rings is 1. The lowest BCUT2D eigenvalue weighted by Gasteiger charge is -2.10. The van der Waals surface area contributed by atoms with E-state index in [0.29, 0.717) is 12.8 Å². The molecule has 1 atom stereocenters. The van der Waals surface area contributed by atoms with Crippen LogP contribution < -0.4 is 5.32 Å². The molecule has 1 aromatic rings. The second kappa shape index (κ2) is 3.90. The second-order valence-electron chi connectivity index (χ2n) is 4.00. The summed E-state index contributed by atoms with van der Waals surface area (Å²) in [6.07, 6.45) is 2.06. The molecule has 1 aliphatic heterocycles. The van der Waals surface area contributed by atoms with Crippen molar-refractivity contribution < 1.29 is 13.2 Å². The molecule has 16 heavy (non-hydrogen) atoms. The molecule has 0 aromatic heterocycles. The van der Waals surface area contributed by atoms with Crippen molar-refractivity contribution in [1.29, 1.82) is 0 Å². The summed E-state index contributed by atoms with van der Waals surface area (Å²) in [5, 5.41) is 1.73. The topological polar surface area (TPSA) is 63.2 Å². The van der Waals surface area contributed by atoms with Crippen molar-refractivity contribution in [3.63, 3.8) is 0 Å². The van der Waals surface area contributed by atoms with Crippen LogP contribution in [-0.2, 0) is 21.1 Å². The Bertz CT molecular complexity index is 522. The van der Waals surface area contributed by atoms with Crippen LogP contribution in [0, 0.1) is 0 Å². The third kappa shape index (κ3) is 2.09. The van der Waals surface area contributed by atoms with Crippen LogP contribution >= 0.6 is 0 Å². The van der Waals surface area contributed by atoms with E-state index >= 15 is 0 Å². The SMILES string of the molecule is CS(=O)(=O)[C@@H]1CCc2ccccc2NC1=O. The van der Waals surface area contributed by atoms with Gasteiger partial charge in [0.25, 0.3) is 0 Å². The van der Waals surface area contributed by atoms with Crippen molar-refractivity contribution >= 4 is 21.4 Å². The molecule has 2 rings (SSSR count). The summed E-state index contributed by atoms with van der Waals surface area (Å²) in [6, 6.07) is 7.39. The predicted molar refractivity (Wildman–Crippen MR) is 62.0 cm³/mol. The molecule has 0 radical (unpaired) electrons. The molecular formula is C11H13NO3S. The van der Waals surface area contributed by atoms with Gasteiger partial charge in [-0.25, -0.2) is 8.42 Å². The van der Waals surface area contributed by atoms with E-state index in [-0.39, 0.29) is 0 Å². The van der Waals surface area contributed by atoms with Crippen LogP contribution in [-0.4, -0.2) is 25.8 Å². The first-order valence-corrected chi connectivity index (χ1v) is 7.01. The molecule has 0 saturated carbocycles. The van der Waals surface area contributed by atoms with Gasteiger partial charge in [-0.1, -0.05) is 18.2 Å². The van der Waals surface area contributed by atoms with Gasteiger partial charge in [-0.3, -0.25) is 4.79 Å². The van der Waals surface area contributed by atoms with E-state index in [1.54, 1.807) is 6.07 Å². The Labute approximate surface area is 94.6 Å². The van der Waals surface area contributed by atoms with Crippen molar-refractivity contribution in [2.75, 3.05) is 11.6 Å². The number of hydrogen-bond acceptors (Lipinski definition) is 3. The average Bonchev–Trinajstić information content (AvgIpc) is 2.34. The fourth-order valence-electron chi connectivity index (χ4n) is 1.90. The second-order valence-corrected chi connectivity index (χ2v) is 6.23. The van der Waals surface area contributed by atoms with Crippen LogP contribution in [0.2, 0.25) is 0 Å². The molecule has 1 aliphatic rings. The van der Waals surface area contributed by atoms with Crippen molar-refractivity contribution in [3.8, 4) is 0 Å². The summed E-state index contributed by atoms with van der Waals surface area (Å²) in [5.41, 5.74) is 1.71. The van der Waals surface area contributed by atoms with Crippen LogP contribution in [0.4, 0.5) is 5.69 Å². The highest BCUT2D eigenvalue weighted by molar-refractivity contribution is 7.92. The van der Waals surface area contributed by atoms with Crippen LogP contribution in [0.25, 0.3) is 0 Å². The molecule has 0 saturated heterocycles. The van der Waals surface area contributed by atoms with Crippen LogP contribution in [0.5, 0.6) is 0 Å². The summed E-state index contributed by atoms with van der Waals surface area (Å²) in [6.45, 7) is 0. The summed E-state index contributed by atoms with van der Waals surface area (Å²) in [4.78, 5) is 11.7. The van der Waals surface area contributed by atoms with Gasteiger partial charge in [0.2, 0.25) is 5.91 Å². The summed E-state index contributed by atoms with van der Waals surface area (Å²) >= 11 is 0. The Morgan fingerprint density at radius 1 is 1.31 bits per heavy atom. The predicted octanol–water partition coefficient (Wildman–Crippen LogP) is 0.984. The van der Waals surface area contributed by atoms with E-state index in [4.69, 9.17) is 0 Å². The molecule has 86 valence electrons. The van der Waals surface area contributed by atoms with E-state index in [9.17, 15) is 13.2 Å².